The van der Waals surface area contributed by atoms with Crippen molar-refractivity contribution in [2.45, 2.75) is 39.5 Å². The van der Waals surface area contributed by atoms with Crippen molar-refractivity contribution in [2.24, 2.45) is 4.99 Å². The maximum Gasteiger partial charge on any atom is 0.387 e. The monoisotopic (exact) mass is 523 g/mol. The van der Waals surface area contributed by atoms with Crippen molar-refractivity contribution in [2.75, 3.05) is 19.6 Å². The number of halogens is 3. The van der Waals surface area contributed by atoms with Gasteiger partial charge >= 0.3 is 6.61 Å². The highest BCUT2D eigenvalue weighted by Gasteiger charge is 2.09. The number of hydrogen-bond donors (Lipinski definition) is 3. The number of benzene rings is 1. The Kier molecular flexibility index (Phi) is 11.5. The number of aliphatic hydroxyl groups is 1. The molecule has 1 aromatic carbocycles. The molecule has 0 amide bonds. The molecule has 3 N–H and O–H groups in total. The lowest BCUT2D eigenvalue weighted by Gasteiger charge is -2.14. The molecule has 0 bridgehead atoms. The van der Waals surface area contributed by atoms with Crippen LogP contribution in [0.5, 0.6) is 5.75 Å². The Morgan fingerprint density at radius 1 is 1.28 bits per heavy atom. The second-order valence-corrected chi connectivity index (χ2v) is 6.24. The molecule has 0 radical (unpaired) electrons. The zero-order valence-electron chi connectivity index (χ0n) is 16.5. The van der Waals surface area contributed by atoms with Gasteiger partial charge in [0.25, 0.3) is 0 Å². The summed E-state index contributed by atoms with van der Waals surface area (Å²) >= 11 is 0. The van der Waals surface area contributed by atoms with E-state index in [0.717, 1.165) is 18.5 Å². The first-order valence-electron chi connectivity index (χ1n) is 9.22. The summed E-state index contributed by atoms with van der Waals surface area (Å²) in [5.41, 5.74) is 1.71. The minimum absolute atomic E-state index is 0. The van der Waals surface area contributed by atoms with Crippen LogP contribution in [-0.4, -0.2) is 47.1 Å². The Hall–Kier alpha value is -1.95. The quantitative estimate of drug-likeness (QED) is 0.193. The topological polar surface area (TPSA) is 83.7 Å². The van der Waals surface area contributed by atoms with Crippen molar-refractivity contribution < 1.29 is 18.6 Å². The molecule has 2 aromatic rings. The van der Waals surface area contributed by atoms with Crippen LogP contribution in [0.2, 0.25) is 0 Å². The number of aliphatic imine (C=N–C) groups is 1. The summed E-state index contributed by atoms with van der Waals surface area (Å²) in [6, 6.07) is 5.89. The second-order valence-electron chi connectivity index (χ2n) is 6.24. The molecule has 0 aliphatic rings. The molecule has 0 aliphatic heterocycles. The minimum atomic E-state index is -2.87. The van der Waals surface area contributed by atoms with Crippen LogP contribution in [0.4, 0.5) is 8.78 Å². The van der Waals surface area contributed by atoms with E-state index in [0.29, 0.717) is 24.6 Å². The predicted molar refractivity (Wildman–Crippen MR) is 119 cm³/mol. The van der Waals surface area contributed by atoms with Gasteiger partial charge in [0.2, 0.25) is 0 Å². The van der Waals surface area contributed by atoms with Gasteiger partial charge in [0.05, 0.1) is 18.8 Å². The Labute approximate surface area is 186 Å². The molecule has 2 rings (SSSR count). The maximum absolute atomic E-state index is 12.2. The molecule has 162 valence electrons. The van der Waals surface area contributed by atoms with Crippen LogP contribution in [0.25, 0.3) is 0 Å². The van der Waals surface area contributed by atoms with Crippen LogP contribution >= 0.6 is 24.0 Å². The van der Waals surface area contributed by atoms with Crippen molar-refractivity contribution in [3.05, 3.63) is 47.8 Å². The van der Waals surface area contributed by atoms with Crippen molar-refractivity contribution in [1.82, 2.24) is 20.4 Å². The van der Waals surface area contributed by atoms with Crippen LogP contribution in [0, 0.1) is 6.92 Å². The lowest BCUT2D eigenvalue weighted by Crippen LogP contribution is -2.38. The number of aryl methyl sites for hydroxylation is 2. The summed E-state index contributed by atoms with van der Waals surface area (Å²) in [5, 5.41) is 20.9. The normalized spacial score (nSPS) is 12.4. The van der Waals surface area contributed by atoms with E-state index in [1.54, 1.807) is 12.1 Å². The lowest BCUT2D eigenvalue weighted by molar-refractivity contribution is -0.0498. The molecule has 7 nitrogen and oxygen atoms in total. The molecule has 0 saturated carbocycles. The van der Waals surface area contributed by atoms with Gasteiger partial charge < -0.3 is 20.5 Å². The molecule has 0 spiro atoms. The van der Waals surface area contributed by atoms with E-state index in [1.807, 2.05) is 30.9 Å². The lowest BCUT2D eigenvalue weighted by atomic mass is 10.1. The Morgan fingerprint density at radius 3 is 2.59 bits per heavy atom. The standard InChI is InChI=1S/C19H27F2N5O2.HI/c1-3-22-19(23-9-4-10-26-13-14(2)11-25-26)24-12-17(27)15-5-7-16(8-6-15)28-18(20)21;/h5-8,11,13,17-18,27H,3-4,9-10,12H2,1-2H3,(H2,22,23,24);1H. The number of ether oxygens (including phenoxy) is 1. The van der Waals surface area contributed by atoms with E-state index in [2.05, 4.69) is 25.5 Å². The molecule has 10 heteroatoms. The van der Waals surface area contributed by atoms with Gasteiger partial charge in [-0.05, 0) is 43.5 Å². The highest BCUT2D eigenvalue weighted by molar-refractivity contribution is 14.0. The zero-order valence-corrected chi connectivity index (χ0v) is 18.8. The Morgan fingerprint density at radius 2 is 2.00 bits per heavy atom. The van der Waals surface area contributed by atoms with Crippen molar-refractivity contribution in [3.63, 3.8) is 0 Å². The number of rotatable bonds is 10. The van der Waals surface area contributed by atoms with Crippen molar-refractivity contribution in [3.8, 4) is 5.75 Å². The zero-order chi connectivity index (χ0) is 20.4. The average molecular weight is 523 g/mol. The highest BCUT2D eigenvalue weighted by atomic mass is 127. The van der Waals surface area contributed by atoms with Crippen molar-refractivity contribution >= 4 is 29.9 Å². The molecule has 0 saturated heterocycles. The first-order chi connectivity index (χ1) is 13.5. The number of aromatic nitrogens is 2. The van der Waals surface area contributed by atoms with Gasteiger partial charge in [-0.2, -0.15) is 13.9 Å². The first-order valence-corrected chi connectivity index (χ1v) is 9.22. The number of nitrogens with one attached hydrogen (secondary N) is 2. The van der Waals surface area contributed by atoms with Crippen LogP contribution < -0.4 is 15.4 Å². The van der Waals surface area contributed by atoms with Crippen molar-refractivity contribution in [1.29, 1.82) is 0 Å². The van der Waals surface area contributed by atoms with E-state index in [-0.39, 0.29) is 36.3 Å². The molecule has 0 aliphatic carbocycles. The van der Waals surface area contributed by atoms with E-state index in [1.165, 1.54) is 12.1 Å². The smallest absolute Gasteiger partial charge is 0.387 e. The summed E-state index contributed by atoms with van der Waals surface area (Å²) in [7, 11) is 0. The highest BCUT2D eigenvalue weighted by Crippen LogP contribution is 2.19. The summed E-state index contributed by atoms with van der Waals surface area (Å²) in [6.45, 7) is 3.44. The van der Waals surface area contributed by atoms with Crippen LogP contribution in [0.1, 0.15) is 30.6 Å². The van der Waals surface area contributed by atoms with E-state index in [4.69, 9.17) is 0 Å². The summed E-state index contributed by atoms with van der Waals surface area (Å²) in [5.74, 6) is 0.660. The van der Waals surface area contributed by atoms with Gasteiger partial charge in [0.1, 0.15) is 5.75 Å². The number of hydrogen-bond acceptors (Lipinski definition) is 4. The van der Waals surface area contributed by atoms with Gasteiger partial charge in [-0.15, -0.1) is 24.0 Å². The largest absolute Gasteiger partial charge is 0.435 e. The Bertz CT molecular complexity index is 740. The molecule has 1 atom stereocenters. The molecule has 1 aromatic heterocycles. The van der Waals surface area contributed by atoms with Gasteiger partial charge in [0, 0.05) is 25.8 Å². The predicted octanol–water partition coefficient (Wildman–Crippen LogP) is 3.09. The SMILES string of the molecule is CCNC(=NCC(O)c1ccc(OC(F)F)cc1)NCCCn1cc(C)cn1.I. The third kappa shape index (κ3) is 9.39. The van der Waals surface area contributed by atoms with Crippen LogP contribution in [0.15, 0.2) is 41.7 Å². The van der Waals surface area contributed by atoms with E-state index < -0.39 is 12.7 Å². The second kappa shape index (κ2) is 13.3. The number of guanidine groups is 1. The summed E-state index contributed by atoms with van der Waals surface area (Å²) in [6.07, 6.45) is 3.85. The molecular weight excluding hydrogens is 495 g/mol. The van der Waals surface area contributed by atoms with E-state index >= 15 is 0 Å². The fourth-order valence-electron chi connectivity index (χ4n) is 2.53. The molecule has 0 fully saturated rings. The Balaban J connectivity index is 0.00000420. The third-order valence-corrected chi connectivity index (χ3v) is 3.88. The maximum atomic E-state index is 12.2. The molecule has 29 heavy (non-hydrogen) atoms. The third-order valence-electron chi connectivity index (χ3n) is 3.88. The average Bonchev–Trinajstić information content (AvgIpc) is 3.08. The summed E-state index contributed by atoms with van der Waals surface area (Å²) in [4.78, 5) is 4.38. The van der Waals surface area contributed by atoms with Gasteiger partial charge in [-0.25, -0.2) is 0 Å². The first kappa shape index (κ1) is 25.1. The minimum Gasteiger partial charge on any atom is -0.435 e. The molecular formula is C19H28F2IN5O2. The number of alkyl halides is 2. The van der Waals surface area contributed by atoms with Crippen LogP contribution in [0.3, 0.4) is 0 Å². The fraction of sp³-hybridized carbons (Fsp3) is 0.474. The van der Waals surface area contributed by atoms with Crippen LogP contribution in [-0.2, 0) is 6.54 Å². The molecule has 1 unspecified atom stereocenters. The van der Waals surface area contributed by atoms with Gasteiger partial charge in [-0.3, -0.25) is 9.67 Å². The van der Waals surface area contributed by atoms with Gasteiger partial charge in [0.15, 0.2) is 5.96 Å². The van der Waals surface area contributed by atoms with Gasteiger partial charge in [-0.1, -0.05) is 12.1 Å². The summed E-state index contributed by atoms with van der Waals surface area (Å²) < 4.78 is 30.6. The van der Waals surface area contributed by atoms with E-state index in [9.17, 15) is 13.9 Å². The molecule has 1 heterocycles. The number of nitrogens with zero attached hydrogens (tertiary/aromatic N) is 3. The number of aliphatic hydroxyl groups excluding tert-OH is 1. The fourth-order valence-corrected chi connectivity index (χ4v) is 2.53.